The third-order valence-electron chi connectivity index (χ3n) is 4.04. The SMILES string of the molecule is CN(C(=O)c1c[nH]ccc1=O)C1CCCCC1CN. The molecule has 1 amide bonds. The van der Waals surface area contributed by atoms with Gasteiger partial charge in [-0.3, -0.25) is 9.59 Å². The normalized spacial score (nSPS) is 23.1. The highest BCUT2D eigenvalue weighted by Crippen LogP contribution is 2.27. The Hall–Kier alpha value is -1.62. The molecule has 0 bridgehead atoms. The summed E-state index contributed by atoms with van der Waals surface area (Å²) in [6.07, 6.45) is 7.32. The average molecular weight is 263 g/mol. The van der Waals surface area contributed by atoms with Crippen molar-refractivity contribution in [2.24, 2.45) is 11.7 Å². The molecule has 2 unspecified atom stereocenters. The number of hydrogen-bond donors (Lipinski definition) is 2. The van der Waals surface area contributed by atoms with E-state index >= 15 is 0 Å². The molecule has 1 aliphatic rings. The van der Waals surface area contributed by atoms with Crippen LogP contribution in [-0.4, -0.2) is 35.4 Å². The Morgan fingerprint density at radius 1 is 1.47 bits per heavy atom. The van der Waals surface area contributed by atoms with E-state index < -0.39 is 0 Å². The molecule has 1 heterocycles. The summed E-state index contributed by atoms with van der Waals surface area (Å²) in [6.45, 7) is 0.591. The number of nitrogens with zero attached hydrogens (tertiary/aromatic N) is 1. The van der Waals surface area contributed by atoms with Crippen LogP contribution in [-0.2, 0) is 0 Å². The van der Waals surface area contributed by atoms with Gasteiger partial charge in [-0.25, -0.2) is 0 Å². The van der Waals surface area contributed by atoms with Crippen LogP contribution in [0.4, 0.5) is 0 Å². The van der Waals surface area contributed by atoms with Crippen LogP contribution in [0.25, 0.3) is 0 Å². The van der Waals surface area contributed by atoms with Crippen LogP contribution < -0.4 is 11.2 Å². The van der Waals surface area contributed by atoms with Crippen molar-refractivity contribution in [3.05, 3.63) is 34.2 Å². The molecular weight excluding hydrogens is 242 g/mol. The summed E-state index contributed by atoms with van der Waals surface area (Å²) in [6, 6.07) is 1.52. The van der Waals surface area contributed by atoms with E-state index in [9.17, 15) is 9.59 Å². The predicted octanol–water partition coefficient (Wildman–Crippen LogP) is 0.964. The zero-order valence-electron chi connectivity index (χ0n) is 11.3. The fourth-order valence-electron chi connectivity index (χ4n) is 2.90. The van der Waals surface area contributed by atoms with E-state index in [0.29, 0.717) is 12.5 Å². The molecule has 1 aromatic rings. The second-order valence-electron chi connectivity index (χ2n) is 5.19. The van der Waals surface area contributed by atoms with Gasteiger partial charge in [-0.1, -0.05) is 12.8 Å². The van der Waals surface area contributed by atoms with Crippen LogP contribution in [0.2, 0.25) is 0 Å². The van der Waals surface area contributed by atoms with Gasteiger partial charge in [-0.2, -0.15) is 0 Å². The van der Waals surface area contributed by atoms with Gasteiger partial charge in [0.2, 0.25) is 0 Å². The van der Waals surface area contributed by atoms with E-state index in [0.717, 1.165) is 19.3 Å². The van der Waals surface area contributed by atoms with Crippen LogP contribution in [0.1, 0.15) is 36.0 Å². The smallest absolute Gasteiger partial charge is 0.259 e. The van der Waals surface area contributed by atoms with Gasteiger partial charge in [0.15, 0.2) is 5.43 Å². The molecule has 0 aliphatic heterocycles. The number of H-pyrrole nitrogens is 1. The third-order valence-corrected chi connectivity index (χ3v) is 4.04. The minimum Gasteiger partial charge on any atom is -0.367 e. The van der Waals surface area contributed by atoms with Gasteiger partial charge in [0, 0.05) is 31.5 Å². The first-order valence-electron chi connectivity index (χ1n) is 6.79. The van der Waals surface area contributed by atoms with E-state index in [4.69, 9.17) is 5.73 Å². The second kappa shape index (κ2) is 6.02. The number of amides is 1. The minimum absolute atomic E-state index is 0.144. The fourth-order valence-corrected chi connectivity index (χ4v) is 2.90. The highest BCUT2D eigenvalue weighted by molar-refractivity contribution is 5.93. The molecule has 104 valence electrons. The summed E-state index contributed by atoms with van der Waals surface area (Å²) in [5.74, 6) is 0.123. The Kier molecular flexibility index (Phi) is 4.37. The largest absolute Gasteiger partial charge is 0.367 e. The van der Waals surface area contributed by atoms with Gasteiger partial charge in [0.05, 0.1) is 0 Å². The fraction of sp³-hybridized carbons (Fsp3) is 0.571. The lowest BCUT2D eigenvalue weighted by molar-refractivity contribution is 0.0618. The molecule has 0 spiro atoms. The Bertz CT molecular complexity index is 497. The number of rotatable bonds is 3. The van der Waals surface area contributed by atoms with Crippen molar-refractivity contribution in [2.45, 2.75) is 31.7 Å². The van der Waals surface area contributed by atoms with Crippen molar-refractivity contribution in [2.75, 3.05) is 13.6 Å². The second-order valence-corrected chi connectivity index (χ2v) is 5.19. The number of nitrogens with one attached hydrogen (secondary N) is 1. The number of nitrogens with two attached hydrogens (primary N) is 1. The topological polar surface area (TPSA) is 79.2 Å². The van der Waals surface area contributed by atoms with Crippen LogP contribution in [0.15, 0.2) is 23.3 Å². The lowest BCUT2D eigenvalue weighted by atomic mass is 9.83. The van der Waals surface area contributed by atoms with Gasteiger partial charge < -0.3 is 15.6 Å². The molecule has 1 aromatic heterocycles. The first-order chi connectivity index (χ1) is 9.15. The van der Waals surface area contributed by atoms with Crippen molar-refractivity contribution < 1.29 is 4.79 Å². The van der Waals surface area contributed by atoms with Crippen LogP contribution in [0.5, 0.6) is 0 Å². The van der Waals surface area contributed by atoms with Crippen molar-refractivity contribution in [1.82, 2.24) is 9.88 Å². The number of hydrogen-bond acceptors (Lipinski definition) is 3. The summed E-state index contributed by atoms with van der Waals surface area (Å²) in [4.78, 5) is 28.6. The van der Waals surface area contributed by atoms with Crippen LogP contribution in [0, 0.1) is 5.92 Å². The molecule has 1 saturated carbocycles. The maximum absolute atomic E-state index is 12.4. The predicted molar refractivity (Wildman–Crippen MR) is 74.0 cm³/mol. The highest BCUT2D eigenvalue weighted by atomic mass is 16.2. The molecule has 1 aliphatic carbocycles. The summed E-state index contributed by atoms with van der Waals surface area (Å²) in [7, 11) is 1.77. The van der Waals surface area contributed by atoms with Gasteiger partial charge in [-0.05, 0) is 25.3 Å². The Morgan fingerprint density at radius 2 is 2.21 bits per heavy atom. The zero-order valence-corrected chi connectivity index (χ0v) is 11.3. The standard InChI is InChI=1S/C14H21N3O2/c1-17(12-5-3-2-4-10(12)8-15)14(19)11-9-16-7-6-13(11)18/h6-7,9-10,12H,2-5,8,15H2,1H3,(H,16,18). The highest BCUT2D eigenvalue weighted by Gasteiger charge is 2.30. The molecule has 19 heavy (non-hydrogen) atoms. The number of aromatic nitrogens is 1. The van der Waals surface area contributed by atoms with Crippen LogP contribution >= 0.6 is 0 Å². The molecule has 0 saturated heterocycles. The average Bonchev–Trinajstić information content (AvgIpc) is 2.46. The molecule has 3 N–H and O–H groups in total. The molecule has 5 nitrogen and oxygen atoms in total. The summed E-state index contributed by atoms with van der Waals surface area (Å²) >= 11 is 0. The summed E-state index contributed by atoms with van der Waals surface area (Å²) < 4.78 is 0. The zero-order chi connectivity index (χ0) is 13.8. The monoisotopic (exact) mass is 263 g/mol. The van der Waals surface area contributed by atoms with E-state index in [-0.39, 0.29) is 22.9 Å². The Morgan fingerprint density at radius 3 is 2.89 bits per heavy atom. The van der Waals surface area contributed by atoms with E-state index in [1.54, 1.807) is 11.9 Å². The molecule has 2 atom stereocenters. The summed E-state index contributed by atoms with van der Waals surface area (Å²) in [5, 5.41) is 0. The third kappa shape index (κ3) is 2.87. The van der Waals surface area contributed by atoms with E-state index in [2.05, 4.69) is 4.98 Å². The van der Waals surface area contributed by atoms with Crippen molar-refractivity contribution in [1.29, 1.82) is 0 Å². The molecule has 5 heteroatoms. The number of pyridine rings is 1. The lowest BCUT2D eigenvalue weighted by Gasteiger charge is -2.37. The Balaban J connectivity index is 2.19. The number of carbonyl (C=O) groups excluding carboxylic acids is 1. The summed E-state index contributed by atoms with van der Waals surface area (Å²) in [5.41, 5.74) is 5.75. The van der Waals surface area contributed by atoms with E-state index in [1.165, 1.54) is 24.9 Å². The van der Waals surface area contributed by atoms with E-state index in [1.807, 2.05) is 0 Å². The van der Waals surface area contributed by atoms with Crippen molar-refractivity contribution in [3.63, 3.8) is 0 Å². The van der Waals surface area contributed by atoms with Crippen molar-refractivity contribution >= 4 is 5.91 Å². The van der Waals surface area contributed by atoms with Gasteiger partial charge in [0.25, 0.3) is 5.91 Å². The van der Waals surface area contributed by atoms with Gasteiger partial charge in [-0.15, -0.1) is 0 Å². The molecule has 2 rings (SSSR count). The van der Waals surface area contributed by atoms with Gasteiger partial charge in [0.1, 0.15) is 5.56 Å². The lowest BCUT2D eigenvalue weighted by Crippen LogP contribution is -2.46. The first-order valence-corrected chi connectivity index (χ1v) is 6.79. The molecule has 1 fully saturated rings. The van der Waals surface area contributed by atoms with Gasteiger partial charge >= 0.3 is 0 Å². The molecule has 0 aromatic carbocycles. The number of aromatic amines is 1. The maximum atomic E-state index is 12.4. The molecule has 0 radical (unpaired) electrons. The van der Waals surface area contributed by atoms with Crippen LogP contribution in [0.3, 0.4) is 0 Å². The number of carbonyl (C=O) groups is 1. The molecular formula is C14H21N3O2. The maximum Gasteiger partial charge on any atom is 0.259 e. The van der Waals surface area contributed by atoms with Crippen molar-refractivity contribution in [3.8, 4) is 0 Å². The minimum atomic E-state index is -0.240. The Labute approximate surface area is 112 Å². The first kappa shape index (κ1) is 13.8. The quantitative estimate of drug-likeness (QED) is 0.852.